The number of nitrogens with one attached hydrogen (secondary N) is 1. The van der Waals surface area contributed by atoms with Crippen LogP contribution in [0, 0.1) is 13.8 Å². The first-order chi connectivity index (χ1) is 15.1. The number of para-hydroxylation sites is 2. The summed E-state index contributed by atoms with van der Waals surface area (Å²) in [7, 11) is -3.98. The fourth-order valence-corrected chi connectivity index (χ4v) is 3.33. The van der Waals surface area contributed by atoms with Crippen molar-refractivity contribution in [2.75, 3.05) is 11.9 Å². The van der Waals surface area contributed by atoms with Gasteiger partial charge in [0.1, 0.15) is 5.75 Å². The maximum atomic E-state index is 12.4. The molecule has 1 amide bonds. The van der Waals surface area contributed by atoms with Crippen molar-refractivity contribution in [2.24, 2.45) is 5.14 Å². The molecule has 0 fully saturated rings. The number of hydrogen-bond donors (Lipinski definition) is 2. The van der Waals surface area contributed by atoms with Crippen molar-refractivity contribution in [3.63, 3.8) is 0 Å². The molecule has 0 radical (unpaired) electrons. The first-order valence-corrected chi connectivity index (χ1v) is 11.1. The SMILES string of the molecule is Cc1ccc(Oc2ccccc2NC(=O)COC(=O)c2cc(S(N)(=O)=O)ccc2C)cc1. The molecule has 0 saturated heterocycles. The lowest BCUT2D eigenvalue weighted by molar-refractivity contribution is -0.119. The molecule has 0 saturated carbocycles. The highest BCUT2D eigenvalue weighted by Crippen LogP contribution is 2.29. The first kappa shape index (κ1) is 23.0. The van der Waals surface area contributed by atoms with E-state index in [2.05, 4.69) is 5.32 Å². The van der Waals surface area contributed by atoms with E-state index in [0.29, 0.717) is 22.7 Å². The van der Waals surface area contributed by atoms with Crippen LogP contribution in [0.15, 0.2) is 71.6 Å². The lowest BCUT2D eigenvalue weighted by Gasteiger charge is -2.13. The molecule has 32 heavy (non-hydrogen) atoms. The number of ether oxygens (including phenoxy) is 2. The molecule has 166 valence electrons. The Hall–Kier alpha value is -3.69. The molecule has 0 bridgehead atoms. The van der Waals surface area contributed by atoms with Crippen LogP contribution in [0.25, 0.3) is 0 Å². The van der Waals surface area contributed by atoms with Gasteiger partial charge in [-0.3, -0.25) is 4.79 Å². The van der Waals surface area contributed by atoms with Crippen molar-refractivity contribution in [3.05, 3.63) is 83.4 Å². The summed E-state index contributed by atoms with van der Waals surface area (Å²) in [5.41, 5.74) is 1.99. The third-order valence-electron chi connectivity index (χ3n) is 4.50. The lowest BCUT2D eigenvalue weighted by Crippen LogP contribution is -2.22. The number of carbonyl (C=O) groups is 2. The molecule has 9 heteroatoms. The molecule has 3 aromatic carbocycles. The van der Waals surface area contributed by atoms with E-state index >= 15 is 0 Å². The molecule has 0 spiro atoms. The lowest BCUT2D eigenvalue weighted by atomic mass is 10.1. The molecule has 3 aromatic rings. The molecule has 0 atom stereocenters. The Morgan fingerprint density at radius 2 is 1.66 bits per heavy atom. The number of aryl methyl sites for hydroxylation is 2. The Labute approximate surface area is 186 Å². The number of esters is 1. The molecule has 3 rings (SSSR count). The van der Waals surface area contributed by atoms with Gasteiger partial charge in [0.25, 0.3) is 5.91 Å². The van der Waals surface area contributed by atoms with Gasteiger partial charge in [0.2, 0.25) is 10.0 Å². The number of benzene rings is 3. The van der Waals surface area contributed by atoms with Crippen LogP contribution in [0.1, 0.15) is 21.5 Å². The standard InChI is InChI=1S/C23H22N2O6S/c1-15-7-10-17(11-8-15)31-21-6-4-3-5-20(21)25-22(26)14-30-23(27)19-13-18(32(24,28)29)12-9-16(19)2/h3-13H,14H2,1-2H3,(H,25,26)(H2,24,28,29). The fraction of sp³-hybridized carbons (Fsp3) is 0.130. The highest BCUT2D eigenvalue weighted by atomic mass is 32.2. The van der Waals surface area contributed by atoms with Gasteiger partial charge in [-0.25, -0.2) is 18.4 Å². The highest BCUT2D eigenvalue weighted by molar-refractivity contribution is 7.89. The Morgan fingerprint density at radius 3 is 2.34 bits per heavy atom. The van der Waals surface area contributed by atoms with Crippen LogP contribution < -0.4 is 15.2 Å². The van der Waals surface area contributed by atoms with Crippen LogP contribution in [-0.2, 0) is 19.6 Å². The molecule has 0 aromatic heterocycles. The molecule has 8 nitrogen and oxygen atoms in total. The number of rotatable bonds is 7. The van der Waals surface area contributed by atoms with Gasteiger partial charge < -0.3 is 14.8 Å². The van der Waals surface area contributed by atoms with E-state index in [-0.39, 0.29) is 10.5 Å². The van der Waals surface area contributed by atoms with Gasteiger partial charge >= 0.3 is 5.97 Å². The maximum Gasteiger partial charge on any atom is 0.338 e. The van der Waals surface area contributed by atoms with Gasteiger partial charge in [-0.1, -0.05) is 35.9 Å². The third kappa shape index (κ3) is 5.93. The topological polar surface area (TPSA) is 125 Å². The van der Waals surface area contributed by atoms with Gasteiger partial charge in [-0.15, -0.1) is 0 Å². The first-order valence-electron chi connectivity index (χ1n) is 9.57. The molecular weight excluding hydrogens is 432 g/mol. The van der Waals surface area contributed by atoms with Crippen molar-refractivity contribution < 1.29 is 27.5 Å². The smallest absolute Gasteiger partial charge is 0.338 e. The van der Waals surface area contributed by atoms with Gasteiger partial charge in [-0.2, -0.15) is 0 Å². The maximum absolute atomic E-state index is 12.4. The summed E-state index contributed by atoms with van der Waals surface area (Å²) in [6.07, 6.45) is 0. The van der Waals surface area contributed by atoms with Crippen LogP contribution in [0.5, 0.6) is 11.5 Å². The van der Waals surface area contributed by atoms with Crippen molar-refractivity contribution in [1.29, 1.82) is 0 Å². The van der Waals surface area contributed by atoms with Crippen LogP contribution in [-0.4, -0.2) is 26.9 Å². The second-order valence-corrected chi connectivity index (χ2v) is 8.62. The minimum atomic E-state index is -3.98. The molecule has 0 aliphatic rings. The molecular formula is C23H22N2O6S. The second-order valence-electron chi connectivity index (χ2n) is 7.06. The average Bonchev–Trinajstić information content (AvgIpc) is 2.74. The zero-order valence-electron chi connectivity index (χ0n) is 17.5. The van der Waals surface area contributed by atoms with E-state index in [1.54, 1.807) is 31.2 Å². The van der Waals surface area contributed by atoms with E-state index in [1.807, 2.05) is 31.2 Å². The van der Waals surface area contributed by atoms with Crippen molar-refractivity contribution in [1.82, 2.24) is 0 Å². The summed E-state index contributed by atoms with van der Waals surface area (Å²) in [6, 6.07) is 18.1. The summed E-state index contributed by atoms with van der Waals surface area (Å²) < 4.78 is 33.9. The summed E-state index contributed by atoms with van der Waals surface area (Å²) in [5, 5.41) is 7.75. The van der Waals surface area contributed by atoms with E-state index in [1.165, 1.54) is 12.1 Å². The number of hydrogen-bond acceptors (Lipinski definition) is 6. The molecule has 3 N–H and O–H groups in total. The van der Waals surface area contributed by atoms with Crippen LogP contribution >= 0.6 is 0 Å². The minimum absolute atomic E-state index is 0.00688. The number of amides is 1. The minimum Gasteiger partial charge on any atom is -0.455 e. The summed E-state index contributed by atoms with van der Waals surface area (Å²) >= 11 is 0. The van der Waals surface area contributed by atoms with E-state index < -0.39 is 28.5 Å². The van der Waals surface area contributed by atoms with E-state index in [9.17, 15) is 18.0 Å². The zero-order valence-corrected chi connectivity index (χ0v) is 18.3. The summed E-state index contributed by atoms with van der Waals surface area (Å²) in [4.78, 5) is 24.5. The largest absolute Gasteiger partial charge is 0.455 e. The Kier molecular flexibility index (Phi) is 6.92. The number of primary sulfonamides is 1. The predicted octanol–water partition coefficient (Wildman–Crippen LogP) is 3.54. The molecule has 0 unspecified atom stereocenters. The molecule has 0 heterocycles. The second kappa shape index (κ2) is 9.63. The Balaban J connectivity index is 1.66. The quantitative estimate of drug-likeness (QED) is 0.526. The number of sulfonamides is 1. The number of carbonyl (C=O) groups excluding carboxylic acids is 2. The summed E-state index contributed by atoms with van der Waals surface area (Å²) in [5.74, 6) is -0.396. The van der Waals surface area contributed by atoms with Gasteiger partial charge in [0, 0.05) is 0 Å². The average molecular weight is 455 g/mol. The predicted molar refractivity (Wildman–Crippen MR) is 119 cm³/mol. The van der Waals surface area contributed by atoms with Crippen molar-refractivity contribution >= 4 is 27.6 Å². The summed E-state index contributed by atoms with van der Waals surface area (Å²) in [6.45, 7) is 3.00. The molecule has 0 aliphatic carbocycles. The van der Waals surface area contributed by atoms with Crippen molar-refractivity contribution in [2.45, 2.75) is 18.7 Å². The van der Waals surface area contributed by atoms with Crippen LogP contribution in [0.3, 0.4) is 0 Å². The zero-order chi connectivity index (χ0) is 23.3. The molecule has 0 aliphatic heterocycles. The van der Waals surface area contributed by atoms with E-state index in [0.717, 1.165) is 11.6 Å². The number of anilines is 1. The Bertz CT molecular complexity index is 1250. The monoisotopic (exact) mass is 454 g/mol. The van der Waals surface area contributed by atoms with Crippen LogP contribution in [0.2, 0.25) is 0 Å². The van der Waals surface area contributed by atoms with Gasteiger partial charge in [0.15, 0.2) is 12.4 Å². The fourth-order valence-electron chi connectivity index (χ4n) is 2.79. The van der Waals surface area contributed by atoms with Crippen LogP contribution in [0.4, 0.5) is 5.69 Å². The third-order valence-corrected chi connectivity index (χ3v) is 5.41. The normalized spacial score (nSPS) is 11.0. The number of nitrogens with two attached hydrogens (primary N) is 1. The van der Waals surface area contributed by atoms with E-state index in [4.69, 9.17) is 14.6 Å². The van der Waals surface area contributed by atoms with Gasteiger partial charge in [-0.05, 0) is 55.8 Å². The highest BCUT2D eigenvalue weighted by Gasteiger charge is 2.17. The van der Waals surface area contributed by atoms with Gasteiger partial charge in [0.05, 0.1) is 16.1 Å². The Morgan fingerprint density at radius 1 is 0.969 bits per heavy atom. The van der Waals surface area contributed by atoms with Crippen molar-refractivity contribution in [3.8, 4) is 11.5 Å².